The van der Waals surface area contributed by atoms with E-state index in [1.807, 2.05) is 20.8 Å². The van der Waals surface area contributed by atoms with Crippen LogP contribution in [0.25, 0.3) is 0 Å². The molecular formula is C12H17BrN2O3S. The highest BCUT2D eigenvalue weighted by atomic mass is 79.9. The number of carbonyl (C=O) groups is 1. The van der Waals surface area contributed by atoms with Gasteiger partial charge in [-0.25, -0.2) is 13.9 Å². The molecule has 19 heavy (non-hydrogen) atoms. The van der Waals surface area contributed by atoms with Crippen LogP contribution in [-0.4, -0.2) is 25.0 Å². The Morgan fingerprint density at radius 2 is 2.21 bits per heavy atom. The summed E-state index contributed by atoms with van der Waals surface area (Å²) in [7, 11) is -1.34. The molecule has 7 heteroatoms. The molecule has 106 valence electrons. The van der Waals surface area contributed by atoms with E-state index < -0.39 is 27.7 Å². The summed E-state index contributed by atoms with van der Waals surface area (Å²) in [6, 6.07) is 2.92. The van der Waals surface area contributed by atoms with Crippen molar-refractivity contribution in [3.63, 3.8) is 0 Å². The Morgan fingerprint density at radius 1 is 1.58 bits per heavy atom. The minimum atomic E-state index is -1.34. The predicted octanol–water partition coefficient (Wildman–Crippen LogP) is 2.41. The van der Waals surface area contributed by atoms with Crippen LogP contribution in [0.1, 0.15) is 38.8 Å². The van der Waals surface area contributed by atoms with Crippen molar-refractivity contribution >= 4 is 32.9 Å². The number of pyridine rings is 1. The van der Waals surface area contributed by atoms with Crippen molar-refractivity contribution in [1.29, 1.82) is 0 Å². The van der Waals surface area contributed by atoms with Crippen molar-refractivity contribution in [3.8, 4) is 0 Å². The first-order valence-electron chi connectivity index (χ1n) is 5.71. The summed E-state index contributed by atoms with van der Waals surface area (Å²) in [6.45, 7) is 5.49. The van der Waals surface area contributed by atoms with Gasteiger partial charge in [0.1, 0.15) is 4.60 Å². The fourth-order valence-electron chi connectivity index (χ4n) is 1.34. The third-order valence-electron chi connectivity index (χ3n) is 2.34. The minimum absolute atomic E-state index is 0.141. The van der Waals surface area contributed by atoms with Crippen molar-refractivity contribution in [2.45, 2.75) is 38.0 Å². The van der Waals surface area contributed by atoms with Crippen molar-refractivity contribution < 1.29 is 14.1 Å². The first-order chi connectivity index (χ1) is 8.70. The SMILES string of the molecule is CC(C)(C)S(=O)N[C@@H](CC(=O)O)c1ccnc(Br)c1. The van der Waals surface area contributed by atoms with Crippen LogP contribution in [0.15, 0.2) is 22.9 Å². The number of halogens is 1. The number of aliphatic carboxylic acids is 1. The van der Waals surface area contributed by atoms with Crippen LogP contribution in [0.2, 0.25) is 0 Å². The number of carboxylic acids is 1. The van der Waals surface area contributed by atoms with Gasteiger partial charge in [0.2, 0.25) is 0 Å². The Labute approximate surface area is 123 Å². The van der Waals surface area contributed by atoms with Gasteiger partial charge < -0.3 is 5.11 Å². The third-order valence-corrected chi connectivity index (χ3v) is 4.38. The van der Waals surface area contributed by atoms with Crippen LogP contribution in [0, 0.1) is 0 Å². The normalized spacial score (nSPS) is 14.9. The largest absolute Gasteiger partial charge is 0.481 e. The van der Waals surface area contributed by atoms with Gasteiger partial charge in [-0.1, -0.05) is 0 Å². The zero-order valence-corrected chi connectivity index (χ0v) is 13.4. The molecule has 0 bridgehead atoms. The number of rotatable bonds is 5. The Morgan fingerprint density at radius 3 is 2.68 bits per heavy atom. The van der Waals surface area contributed by atoms with E-state index in [1.165, 1.54) is 0 Å². The molecule has 0 aliphatic carbocycles. The molecule has 0 saturated heterocycles. The number of nitrogens with one attached hydrogen (secondary N) is 1. The highest BCUT2D eigenvalue weighted by Gasteiger charge is 2.25. The Kier molecular flexibility index (Phi) is 5.64. The van der Waals surface area contributed by atoms with Crippen molar-refractivity contribution in [3.05, 3.63) is 28.5 Å². The molecule has 1 aromatic heterocycles. The van der Waals surface area contributed by atoms with Gasteiger partial charge in [0.15, 0.2) is 0 Å². The van der Waals surface area contributed by atoms with Crippen LogP contribution < -0.4 is 4.72 Å². The maximum absolute atomic E-state index is 12.1. The van der Waals surface area contributed by atoms with Crippen LogP contribution in [0.5, 0.6) is 0 Å². The van der Waals surface area contributed by atoms with Gasteiger partial charge in [0.05, 0.1) is 28.2 Å². The van der Waals surface area contributed by atoms with E-state index in [1.54, 1.807) is 18.3 Å². The molecule has 1 unspecified atom stereocenters. The summed E-state index contributed by atoms with van der Waals surface area (Å²) in [5.74, 6) is -0.948. The lowest BCUT2D eigenvalue weighted by atomic mass is 10.1. The van der Waals surface area contributed by atoms with Crippen LogP contribution in [-0.2, 0) is 15.8 Å². The van der Waals surface area contributed by atoms with E-state index in [0.717, 1.165) is 5.56 Å². The van der Waals surface area contributed by atoms with E-state index in [2.05, 4.69) is 25.6 Å². The molecule has 1 heterocycles. The lowest BCUT2D eigenvalue weighted by Crippen LogP contribution is -2.36. The smallest absolute Gasteiger partial charge is 0.305 e. The zero-order valence-electron chi connectivity index (χ0n) is 11.0. The van der Waals surface area contributed by atoms with Gasteiger partial charge in [0.25, 0.3) is 0 Å². The van der Waals surface area contributed by atoms with Gasteiger partial charge >= 0.3 is 5.97 Å². The molecule has 2 atom stereocenters. The lowest BCUT2D eigenvalue weighted by Gasteiger charge is -2.23. The molecular weight excluding hydrogens is 332 g/mol. The first kappa shape index (κ1) is 16.3. The molecule has 0 amide bonds. The third kappa shape index (κ3) is 5.38. The standard InChI is InChI=1S/C12H17BrN2O3S/c1-12(2,3)19(18)15-9(7-11(16)17)8-4-5-14-10(13)6-8/h4-6,9,15H,7H2,1-3H3,(H,16,17)/t9-,19?/m0/s1. The number of hydrogen-bond acceptors (Lipinski definition) is 3. The van der Waals surface area contributed by atoms with Crippen molar-refractivity contribution in [1.82, 2.24) is 9.71 Å². The summed E-state index contributed by atoms with van der Waals surface area (Å²) in [6.07, 6.45) is 1.44. The molecule has 1 aromatic rings. The minimum Gasteiger partial charge on any atom is -0.481 e. The molecule has 0 radical (unpaired) electrons. The maximum Gasteiger partial charge on any atom is 0.305 e. The molecule has 0 saturated carbocycles. The van der Waals surface area contributed by atoms with Gasteiger partial charge in [0, 0.05) is 6.20 Å². The fraction of sp³-hybridized carbons (Fsp3) is 0.500. The highest BCUT2D eigenvalue weighted by molar-refractivity contribution is 9.10. The van der Waals surface area contributed by atoms with Crippen LogP contribution in [0.4, 0.5) is 0 Å². The Bertz CT molecular complexity index is 488. The topological polar surface area (TPSA) is 79.3 Å². The van der Waals surface area contributed by atoms with E-state index in [-0.39, 0.29) is 6.42 Å². The van der Waals surface area contributed by atoms with E-state index in [4.69, 9.17) is 5.11 Å². The predicted molar refractivity (Wildman–Crippen MR) is 78.0 cm³/mol. The number of nitrogens with zero attached hydrogens (tertiary/aromatic N) is 1. The number of aromatic nitrogens is 1. The van der Waals surface area contributed by atoms with Gasteiger partial charge in [-0.3, -0.25) is 4.79 Å². The van der Waals surface area contributed by atoms with Crippen molar-refractivity contribution in [2.75, 3.05) is 0 Å². The van der Waals surface area contributed by atoms with E-state index in [9.17, 15) is 9.00 Å². The quantitative estimate of drug-likeness (QED) is 0.800. The van der Waals surface area contributed by atoms with Crippen LogP contribution >= 0.6 is 15.9 Å². The monoisotopic (exact) mass is 348 g/mol. The second-order valence-corrected chi connectivity index (χ2v) is 7.87. The van der Waals surface area contributed by atoms with Gasteiger partial charge in [-0.2, -0.15) is 0 Å². The van der Waals surface area contributed by atoms with Gasteiger partial charge in [-0.05, 0) is 54.4 Å². The summed E-state index contributed by atoms with van der Waals surface area (Å²) in [5, 5.41) is 8.96. The van der Waals surface area contributed by atoms with E-state index in [0.29, 0.717) is 4.60 Å². The second-order valence-electron chi connectivity index (χ2n) is 5.06. The van der Waals surface area contributed by atoms with Gasteiger partial charge in [-0.15, -0.1) is 0 Å². The molecule has 5 nitrogen and oxygen atoms in total. The molecule has 1 rings (SSSR count). The summed E-state index contributed by atoms with van der Waals surface area (Å²) in [5.41, 5.74) is 0.738. The summed E-state index contributed by atoms with van der Waals surface area (Å²) in [4.78, 5) is 14.9. The molecule has 2 N–H and O–H groups in total. The fourth-order valence-corrected chi connectivity index (χ4v) is 2.56. The number of carboxylic acid groups (broad SMARTS) is 1. The molecule has 0 aliphatic rings. The van der Waals surface area contributed by atoms with Crippen LogP contribution in [0.3, 0.4) is 0 Å². The first-order valence-corrected chi connectivity index (χ1v) is 7.65. The highest BCUT2D eigenvalue weighted by Crippen LogP contribution is 2.22. The second kappa shape index (κ2) is 6.58. The molecule has 0 aliphatic heterocycles. The average molecular weight is 349 g/mol. The molecule has 0 aromatic carbocycles. The zero-order chi connectivity index (χ0) is 14.6. The number of hydrogen-bond donors (Lipinski definition) is 2. The lowest BCUT2D eigenvalue weighted by molar-refractivity contribution is -0.137. The Hall–Kier alpha value is -0.790. The average Bonchev–Trinajstić information content (AvgIpc) is 2.26. The van der Waals surface area contributed by atoms with Crippen molar-refractivity contribution in [2.24, 2.45) is 0 Å². The molecule has 0 fully saturated rings. The maximum atomic E-state index is 12.1. The van der Waals surface area contributed by atoms with E-state index >= 15 is 0 Å². The summed E-state index contributed by atoms with van der Waals surface area (Å²) < 4.78 is 15.1. The summed E-state index contributed by atoms with van der Waals surface area (Å²) >= 11 is 3.24. The molecule has 0 spiro atoms. The Balaban J connectivity index is 2.96.